The van der Waals surface area contributed by atoms with Gasteiger partial charge in [0.15, 0.2) is 11.5 Å². The molecule has 1 amide bonds. The van der Waals surface area contributed by atoms with Gasteiger partial charge in [-0.2, -0.15) is 0 Å². The molecule has 1 aromatic carbocycles. The zero-order chi connectivity index (χ0) is 13.4. The predicted octanol–water partition coefficient (Wildman–Crippen LogP) is 1.22. The third-order valence-corrected chi connectivity index (χ3v) is 4.00. The first kappa shape index (κ1) is 12.3. The third-order valence-electron chi connectivity index (χ3n) is 4.00. The Bertz CT molecular complexity index is 503. The summed E-state index contributed by atoms with van der Waals surface area (Å²) in [5, 5.41) is 0. The van der Waals surface area contributed by atoms with Crippen LogP contribution in [0.15, 0.2) is 18.2 Å². The van der Waals surface area contributed by atoms with Crippen molar-refractivity contribution in [2.75, 3.05) is 19.9 Å². The third kappa shape index (κ3) is 2.04. The summed E-state index contributed by atoms with van der Waals surface area (Å²) < 4.78 is 10.6. The van der Waals surface area contributed by atoms with Gasteiger partial charge in [0.1, 0.15) is 0 Å². The second-order valence-corrected chi connectivity index (χ2v) is 5.14. The van der Waals surface area contributed by atoms with Crippen molar-refractivity contribution in [3.8, 4) is 11.5 Å². The minimum absolute atomic E-state index is 0.0260. The fraction of sp³-hybridized carbons (Fsp3) is 0.500. The highest BCUT2D eigenvalue weighted by Gasteiger charge is 2.34. The van der Waals surface area contributed by atoms with Gasteiger partial charge in [0, 0.05) is 24.7 Å². The maximum Gasteiger partial charge on any atom is 0.254 e. The molecule has 2 aliphatic rings. The van der Waals surface area contributed by atoms with Gasteiger partial charge in [0.05, 0.1) is 0 Å². The normalized spacial score (nSPS) is 24.8. The number of nitrogens with two attached hydrogens (primary N) is 1. The van der Waals surface area contributed by atoms with E-state index in [0.717, 1.165) is 13.0 Å². The van der Waals surface area contributed by atoms with Crippen LogP contribution in [-0.4, -0.2) is 36.7 Å². The van der Waals surface area contributed by atoms with Gasteiger partial charge < -0.3 is 20.1 Å². The molecule has 0 bridgehead atoms. The van der Waals surface area contributed by atoms with Crippen LogP contribution < -0.4 is 15.2 Å². The summed E-state index contributed by atoms with van der Waals surface area (Å²) in [6.07, 6.45) is 1.01. The monoisotopic (exact) mass is 262 g/mol. The second kappa shape index (κ2) is 4.74. The van der Waals surface area contributed by atoms with Crippen LogP contribution in [-0.2, 0) is 0 Å². The summed E-state index contributed by atoms with van der Waals surface area (Å²) in [7, 11) is 0. The molecule has 2 atom stereocenters. The number of amides is 1. The number of fused-ring (bicyclic) bond motifs is 1. The Labute approximate surface area is 112 Å². The number of likely N-dealkylation sites (tertiary alicyclic amines) is 1. The lowest BCUT2D eigenvalue weighted by atomic mass is 10.0. The highest BCUT2D eigenvalue weighted by atomic mass is 16.7. The van der Waals surface area contributed by atoms with Crippen LogP contribution >= 0.6 is 0 Å². The number of ether oxygens (including phenoxy) is 2. The molecule has 2 N–H and O–H groups in total. The maximum absolute atomic E-state index is 12.5. The van der Waals surface area contributed by atoms with E-state index < -0.39 is 0 Å². The first-order chi connectivity index (χ1) is 9.20. The Morgan fingerprint density at radius 3 is 3.00 bits per heavy atom. The largest absolute Gasteiger partial charge is 0.454 e. The van der Waals surface area contributed by atoms with E-state index in [0.29, 0.717) is 29.5 Å². The van der Waals surface area contributed by atoms with Gasteiger partial charge in [-0.1, -0.05) is 6.92 Å². The molecule has 2 unspecified atom stereocenters. The van der Waals surface area contributed by atoms with Gasteiger partial charge in [-0.05, 0) is 30.5 Å². The topological polar surface area (TPSA) is 64.8 Å². The molecule has 3 rings (SSSR count). The molecule has 0 aromatic heterocycles. The van der Waals surface area contributed by atoms with E-state index in [2.05, 4.69) is 6.92 Å². The Morgan fingerprint density at radius 1 is 1.42 bits per heavy atom. The van der Waals surface area contributed by atoms with Crippen LogP contribution in [0.3, 0.4) is 0 Å². The molecule has 19 heavy (non-hydrogen) atoms. The maximum atomic E-state index is 12.5. The predicted molar refractivity (Wildman–Crippen MR) is 70.2 cm³/mol. The van der Waals surface area contributed by atoms with Crippen molar-refractivity contribution in [1.82, 2.24) is 4.90 Å². The van der Waals surface area contributed by atoms with Gasteiger partial charge in [-0.15, -0.1) is 0 Å². The van der Waals surface area contributed by atoms with E-state index >= 15 is 0 Å². The van der Waals surface area contributed by atoms with Gasteiger partial charge in [-0.25, -0.2) is 0 Å². The van der Waals surface area contributed by atoms with E-state index in [1.54, 1.807) is 18.2 Å². The average Bonchev–Trinajstić information content (AvgIpc) is 3.02. The van der Waals surface area contributed by atoms with Crippen LogP contribution in [0.1, 0.15) is 23.7 Å². The molecule has 0 spiro atoms. The van der Waals surface area contributed by atoms with E-state index in [-0.39, 0.29) is 18.7 Å². The van der Waals surface area contributed by atoms with E-state index in [9.17, 15) is 4.79 Å². The van der Waals surface area contributed by atoms with Crippen LogP contribution in [0.5, 0.6) is 11.5 Å². The molecular weight excluding hydrogens is 244 g/mol. The second-order valence-electron chi connectivity index (χ2n) is 5.14. The number of hydrogen-bond donors (Lipinski definition) is 1. The highest BCUT2D eigenvalue weighted by molar-refractivity contribution is 5.95. The van der Waals surface area contributed by atoms with Gasteiger partial charge >= 0.3 is 0 Å². The van der Waals surface area contributed by atoms with Crippen LogP contribution in [0.2, 0.25) is 0 Å². The fourth-order valence-electron chi connectivity index (χ4n) is 2.82. The smallest absolute Gasteiger partial charge is 0.254 e. The lowest BCUT2D eigenvalue weighted by Crippen LogP contribution is -2.42. The van der Waals surface area contributed by atoms with Crippen molar-refractivity contribution in [2.24, 2.45) is 11.7 Å². The SMILES string of the molecule is CC1CCN(C(=O)c2ccc3c(c2)OCO3)C1CN. The van der Waals surface area contributed by atoms with Crippen LogP contribution in [0.25, 0.3) is 0 Å². The van der Waals surface area contributed by atoms with Crippen molar-refractivity contribution >= 4 is 5.91 Å². The summed E-state index contributed by atoms with van der Waals surface area (Å²) in [5.74, 6) is 1.82. The van der Waals surface area contributed by atoms with Gasteiger partial charge in [-0.3, -0.25) is 4.79 Å². The molecule has 0 saturated carbocycles. The van der Waals surface area contributed by atoms with E-state index in [4.69, 9.17) is 15.2 Å². The molecule has 102 valence electrons. The number of carbonyl (C=O) groups is 1. The summed E-state index contributed by atoms with van der Waals surface area (Å²) in [6.45, 7) is 3.65. The average molecular weight is 262 g/mol. The van der Waals surface area contributed by atoms with Crippen molar-refractivity contribution in [1.29, 1.82) is 0 Å². The molecule has 5 heteroatoms. The molecule has 1 aromatic rings. The number of benzene rings is 1. The minimum atomic E-state index is 0.0260. The van der Waals surface area contributed by atoms with Crippen LogP contribution in [0.4, 0.5) is 0 Å². The highest BCUT2D eigenvalue weighted by Crippen LogP contribution is 2.33. The van der Waals surface area contributed by atoms with E-state index in [1.165, 1.54) is 0 Å². The molecule has 1 fully saturated rings. The van der Waals surface area contributed by atoms with Crippen LogP contribution in [0, 0.1) is 5.92 Å². The zero-order valence-electron chi connectivity index (χ0n) is 11.0. The first-order valence-corrected chi connectivity index (χ1v) is 6.61. The molecule has 0 radical (unpaired) electrons. The summed E-state index contributed by atoms with van der Waals surface area (Å²) in [5.41, 5.74) is 6.42. The number of rotatable bonds is 2. The molecule has 2 heterocycles. The summed E-state index contributed by atoms with van der Waals surface area (Å²) in [6, 6.07) is 5.46. The van der Waals surface area contributed by atoms with Crippen molar-refractivity contribution in [3.63, 3.8) is 0 Å². The molecule has 2 aliphatic heterocycles. The van der Waals surface area contributed by atoms with Gasteiger partial charge in [0.25, 0.3) is 5.91 Å². The standard InChI is InChI=1S/C14H18N2O3/c1-9-4-5-16(11(9)7-15)14(17)10-2-3-12-13(6-10)19-8-18-12/h2-3,6,9,11H,4-5,7-8,15H2,1H3. The lowest BCUT2D eigenvalue weighted by molar-refractivity contribution is 0.0727. The zero-order valence-corrected chi connectivity index (χ0v) is 11.0. The Balaban J connectivity index is 1.84. The summed E-state index contributed by atoms with van der Waals surface area (Å²) >= 11 is 0. The molecule has 5 nitrogen and oxygen atoms in total. The minimum Gasteiger partial charge on any atom is -0.454 e. The number of nitrogens with zero attached hydrogens (tertiary/aromatic N) is 1. The fourth-order valence-corrected chi connectivity index (χ4v) is 2.82. The quantitative estimate of drug-likeness (QED) is 0.870. The summed E-state index contributed by atoms with van der Waals surface area (Å²) in [4.78, 5) is 14.4. The lowest BCUT2D eigenvalue weighted by Gasteiger charge is -2.25. The Hall–Kier alpha value is -1.75. The van der Waals surface area contributed by atoms with E-state index in [1.807, 2.05) is 4.90 Å². The molecule has 1 saturated heterocycles. The van der Waals surface area contributed by atoms with Crippen molar-refractivity contribution in [2.45, 2.75) is 19.4 Å². The Morgan fingerprint density at radius 2 is 2.21 bits per heavy atom. The van der Waals surface area contributed by atoms with Crippen molar-refractivity contribution < 1.29 is 14.3 Å². The van der Waals surface area contributed by atoms with Gasteiger partial charge in [0.2, 0.25) is 6.79 Å². The molecule has 0 aliphatic carbocycles. The number of hydrogen-bond acceptors (Lipinski definition) is 4. The first-order valence-electron chi connectivity index (χ1n) is 6.61. The molecular formula is C14H18N2O3. The Kier molecular flexibility index (Phi) is 3.06. The van der Waals surface area contributed by atoms with Crippen molar-refractivity contribution in [3.05, 3.63) is 23.8 Å². The number of carbonyl (C=O) groups excluding carboxylic acids is 1.